The van der Waals surface area contributed by atoms with Gasteiger partial charge in [0.2, 0.25) is 0 Å². The van der Waals surface area contributed by atoms with Crippen LogP contribution in [0.5, 0.6) is 0 Å². The maximum atomic E-state index is 2.46. The molecule has 0 aliphatic rings. The fourth-order valence-electron chi connectivity index (χ4n) is 21.7. The highest BCUT2D eigenvalue weighted by Crippen LogP contribution is 2.48. The van der Waals surface area contributed by atoms with E-state index in [1.165, 1.54) is 220 Å². The van der Waals surface area contributed by atoms with Gasteiger partial charge in [0, 0.05) is 98.6 Å². The Morgan fingerprint density at radius 3 is 0.826 bits per heavy atom. The van der Waals surface area contributed by atoms with Crippen molar-refractivity contribution >= 4 is 131 Å². The molecular weight excluding hydrogens is 1670 g/mol. The van der Waals surface area contributed by atoms with Crippen molar-refractivity contribution in [3.63, 3.8) is 0 Å². The topological polar surface area (TPSA) is 29.6 Å². The molecule has 0 fully saturated rings. The monoisotopic (exact) mass is 1760 g/mol. The third-order valence-corrected chi connectivity index (χ3v) is 28.0. The molecule has 6 heteroatoms. The first-order valence-corrected chi connectivity index (χ1v) is 47.4. The van der Waals surface area contributed by atoms with E-state index in [-0.39, 0.29) is 0 Å². The normalized spacial score (nSPS) is 11.6. The molecule has 646 valence electrons. The van der Waals surface area contributed by atoms with Crippen LogP contribution in [0.4, 0.5) is 0 Å². The molecule has 0 amide bonds. The number of rotatable bonds is 13. The highest BCUT2D eigenvalue weighted by Gasteiger charge is 2.26. The summed E-state index contributed by atoms with van der Waals surface area (Å²) in [5, 5.41) is 15.1. The maximum Gasteiger partial charge on any atom is 0.0641 e. The van der Waals surface area contributed by atoms with Crippen molar-refractivity contribution in [1.82, 2.24) is 27.4 Å². The van der Waals surface area contributed by atoms with E-state index in [9.17, 15) is 0 Å². The third kappa shape index (κ3) is 13.8. The van der Waals surface area contributed by atoms with Crippen molar-refractivity contribution in [3.05, 3.63) is 534 Å². The van der Waals surface area contributed by atoms with Gasteiger partial charge in [0.05, 0.1) is 71.9 Å². The van der Waals surface area contributed by atoms with Crippen LogP contribution in [-0.2, 0) is 0 Å². The summed E-state index contributed by atoms with van der Waals surface area (Å²) in [5.74, 6) is 0. The molecule has 0 spiro atoms. The van der Waals surface area contributed by atoms with Gasteiger partial charge in [-0.25, -0.2) is 0 Å². The summed E-state index contributed by atoms with van der Waals surface area (Å²) >= 11 is 0. The molecule has 0 aliphatic heterocycles. The van der Waals surface area contributed by atoms with Gasteiger partial charge in [-0.1, -0.05) is 400 Å². The zero-order valence-corrected chi connectivity index (χ0v) is 75.5. The number of para-hydroxylation sites is 8. The number of benzene rings is 22. The summed E-state index contributed by atoms with van der Waals surface area (Å²) < 4.78 is 14.6. The summed E-state index contributed by atoms with van der Waals surface area (Å²) in [6.45, 7) is 0. The van der Waals surface area contributed by atoms with Crippen molar-refractivity contribution < 1.29 is 0 Å². The van der Waals surface area contributed by atoms with Gasteiger partial charge < -0.3 is 27.4 Å². The Labute approximate surface area is 798 Å². The molecule has 0 saturated carbocycles. The fraction of sp³-hybridized carbons (Fsp3) is 0. The van der Waals surface area contributed by atoms with Crippen LogP contribution in [0, 0.1) is 0 Å². The summed E-state index contributed by atoms with van der Waals surface area (Å²) in [7, 11) is 0. The molecule has 28 aromatic rings. The first-order valence-electron chi connectivity index (χ1n) is 47.4. The van der Waals surface area contributed by atoms with Crippen molar-refractivity contribution in [2.24, 2.45) is 0 Å². The molecule has 6 heterocycles. The molecule has 0 bridgehead atoms. The minimum atomic E-state index is 1.16. The molecule has 28 rings (SSSR count). The van der Waals surface area contributed by atoms with Gasteiger partial charge in [0.25, 0.3) is 0 Å². The first-order chi connectivity index (χ1) is 68.5. The quantitative estimate of drug-likeness (QED) is 0.110. The molecule has 6 nitrogen and oxygen atoms in total. The Balaban J connectivity index is 0.000000107. The lowest BCUT2D eigenvalue weighted by molar-refractivity contribution is 1.17. The Hall–Kier alpha value is -18.4. The molecule has 0 saturated heterocycles. The second-order valence-electron chi connectivity index (χ2n) is 35.7. The average Bonchev–Trinajstić information content (AvgIpc) is 1.57. The lowest BCUT2D eigenvalue weighted by Gasteiger charge is -2.15. The van der Waals surface area contributed by atoms with Crippen LogP contribution in [-0.4, -0.2) is 27.4 Å². The molecule has 0 unspecified atom stereocenters. The zero-order valence-electron chi connectivity index (χ0n) is 75.5. The summed E-state index contributed by atoms with van der Waals surface area (Å²) in [4.78, 5) is 0. The molecule has 0 atom stereocenters. The minimum absolute atomic E-state index is 1.16. The smallest absolute Gasteiger partial charge is 0.0641 e. The number of hydrogen-bond donors (Lipinski definition) is 0. The largest absolute Gasteiger partial charge is 0.309 e. The lowest BCUT2D eigenvalue weighted by atomic mass is 9.94. The lowest BCUT2D eigenvalue weighted by Crippen LogP contribution is -1.97. The minimum Gasteiger partial charge on any atom is -0.309 e. The van der Waals surface area contributed by atoms with Gasteiger partial charge in [0.15, 0.2) is 0 Å². The van der Waals surface area contributed by atoms with Crippen molar-refractivity contribution in [2.75, 3.05) is 0 Å². The SMILES string of the molecule is c1ccc(-c2ccc(-c3ccccc3-n3c4ccccc4c4cc5c(cc43)c3ccccc3n5-c3cccc(-c4ccccc4)c3)cc2)cc1.c1ccc(-c2ccc(-n3c4ccccc4c4c3ccc3c5ccccc5n(-c5ccc(-c6ccccc6)cc5)c34)cc2)cc1.c1ccc(-c2ccccc2-c2cccc(-n3c4ccccc4c4cc5c(cc43)c3ccccc3n5-c3ccccc3)c2)cc1. The van der Waals surface area contributed by atoms with E-state index < -0.39 is 0 Å². The number of nitrogens with zero attached hydrogens (tertiary/aromatic N) is 6. The molecule has 22 aromatic carbocycles. The van der Waals surface area contributed by atoms with Crippen molar-refractivity contribution in [2.45, 2.75) is 0 Å². The molecule has 0 N–H and O–H groups in total. The summed E-state index contributed by atoms with van der Waals surface area (Å²) in [6.07, 6.45) is 0. The van der Waals surface area contributed by atoms with E-state index in [2.05, 4.69) is 561 Å². The Morgan fingerprint density at radius 1 is 0.109 bits per heavy atom. The van der Waals surface area contributed by atoms with E-state index in [1.54, 1.807) is 0 Å². The van der Waals surface area contributed by atoms with Crippen molar-refractivity contribution in [1.29, 1.82) is 0 Å². The Bertz CT molecular complexity index is 9510. The first kappa shape index (κ1) is 80.5. The van der Waals surface area contributed by atoms with E-state index >= 15 is 0 Å². The maximum absolute atomic E-state index is 2.46. The second-order valence-corrected chi connectivity index (χ2v) is 35.7. The van der Waals surface area contributed by atoms with E-state index in [0.717, 1.165) is 22.7 Å². The molecule has 6 aromatic heterocycles. The van der Waals surface area contributed by atoms with E-state index in [4.69, 9.17) is 0 Å². The summed E-state index contributed by atoms with van der Waals surface area (Å²) in [5.41, 5.74) is 38.6. The van der Waals surface area contributed by atoms with Gasteiger partial charge in [-0.2, -0.15) is 0 Å². The highest BCUT2D eigenvalue weighted by atomic mass is 15.0. The molecule has 0 aliphatic carbocycles. The molecule has 0 radical (unpaired) electrons. The van der Waals surface area contributed by atoms with Gasteiger partial charge in [0.1, 0.15) is 0 Å². The van der Waals surface area contributed by atoms with Gasteiger partial charge in [-0.15, -0.1) is 0 Å². The van der Waals surface area contributed by atoms with Crippen LogP contribution < -0.4 is 0 Å². The van der Waals surface area contributed by atoms with E-state index in [1.807, 2.05) is 0 Å². The van der Waals surface area contributed by atoms with Crippen LogP contribution in [0.15, 0.2) is 534 Å². The molecule has 138 heavy (non-hydrogen) atoms. The van der Waals surface area contributed by atoms with Gasteiger partial charge >= 0.3 is 0 Å². The van der Waals surface area contributed by atoms with Gasteiger partial charge in [-0.3, -0.25) is 0 Å². The second kappa shape index (κ2) is 34.0. The summed E-state index contributed by atoms with van der Waals surface area (Å²) in [6, 6.07) is 193. The number of hydrogen-bond acceptors (Lipinski definition) is 0. The predicted octanol–water partition coefficient (Wildman–Crippen LogP) is 35.3. The van der Waals surface area contributed by atoms with E-state index in [0.29, 0.717) is 0 Å². The van der Waals surface area contributed by atoms with Crippen LogP contribution >= 0.6 is 0 Å². The van der Waals surface area contributed by atoms with Crippen LogP contribution in [0.1, 0.15) is 0 Å². The Kier molecular flexibility index (Phi) is 19.9. The standard InChI is InChI=1S/C48H32N2.2C42H28N2/c1-3-14-33(15-4-1)35-26-28-36(29-27-35)39-20-7-10-23-44(39)50-46-25-12-9-22-41(46)43-31-47-42(32-48(43)50)40-21-8-11-24-45(40)49(47)38-19-13-18-37(30-38)34-16-5-2-6-17-34;1-3-11-29(12-4-1)31-19-23-33(24-20-31)43-39-18-10-8-16-37(39)41-40(43)28-27-36-35-15-7-9-17-38(35)44(42(36)41)34-25-21-32(22-26-34)30-13-5-2-6-14-30;1-3-14-29(15-4-1)33-20-7-8-21-34(33)30-16-13-19-32(26-30)44-40-25-12-10-23-36(40)38-27-41-37(28-42(38)44)35-22-9-11-24-39(35)43(41)31-17-5-2-6-18-31/h1-32H;2*1-28H. The fourth-order valence-corrected chi connectivity index (χ4v) is 21.7. The third-order valence-electron chi connectivity index (χ3n) is 28.0. The van der Waals surface area contributed by atoms with Crippen LogP contribution in [0.2, 0.25) is 0 Å². The number of fused-ring (bicyclic) bond motifs is 19. The van der Waals surface area contributed by atoms with Gasteiger partial charge in [-0.05, 0) is 206 Å². The van der Waals surface area contributed by atoms with Crippen LogP contribution in [0.25, 0.3) is 243 Å². The number of aromatic nitrogens is 6. The average molecular weight is 1760 g/mol. The highest BCUT2D eigenvalue weighted by molar-refractivity contribution is 6.27. The predicted molar refractivity (Wildman–Crippen MR) is 583 cm³/mol. The van der Waals surface area contributed by atoms with Crippen LogP contribution in [0.3, 0.4) is 0 Å². The zero-order chi connectivity index (χ0) is 91.1. The van der Waals surface area contributed by atoms with Crippen molar-refractivity contribution in [3.8, 4) is 112 Å². The Morgan fingerprint density at radius 2 is 0.370 bits per heavy atom. The molecular formula is C132H88N6.